The van der Waals surface area contributed by atoms with Gasteiger partial charge in [-0.1, -0.05) is 23.3 Å². The maximum Gasteiger partial charge on any atom is 0.0639 e. The van der Waals surface area contributed by atoms with Gasteiger partial charge in [-0.25, -0.2) is 0 Å². The predicted octanol–water partition coefficient (Wildman–Crippen LogP) is 1.64. The number of rotatable bonds is 5. The molecule has 0 aromatic rings. The van der Waals surface area contributed by atoms with Gasteiger partial charge in [-0.3, -0.25) is 0 Å². The smallest absolute Gasteiger partial charge is 0.0639 e. The first-order valence-electron chi connectivity index (χ1n) is 4.69. The summed E-state index contributed by atoms with van der Waals surface area (Å²) in [5.41, 5.74) is 1.81. The first-order valence-corrected chi connectivity index (χ1v) is 4.11. The van der Waals surface area contributed by atoms with Gasteiger partial charge in [0.25, 0.3) is 0 Å². The molecule has 2 heteroatoms. The van der Waals surface area contributed by atoms with Gasteiger partial charge in [0.2, 0.25) is 0 Å². The maximum absolute atomic E-state index is 8.83. The molecule has 70 valence electrons. The first kappa shape index (κ1) is 9.49. The van der Waals surface area contributed by atoms with E-state index in [2.05, 4.69) is 0 Å². The van der Waals surface area contributed by atoms with Gasteiger partial charge in [0.1, 0.15) is 0 Å². The quantitative estimate of drug-likeness (QED) is 0.617. The zero-order valence-corrected chi connectivity index (χ0v) is 7.75. The lowest BCUT2D eigenvalue weighted by molar-refractivity contribution is 0.331. The molecular weight excluding hydrogens is 152 g/mol. The third-order valence-electron chi connectivity index (χ3n) is 1.65. The minimum Gasteiger partial charge on any atom is -0.392 e. The minimum atomic E-state index is -1.10. The standard InChI is InChI=1S/C10H18O2/c1-9(6-7-11)4-3-5-10(2)8-12/h5-6,11-12H,3-4,7-8H2,1-2H3/i8D. The average molecular weight is 171 g/mol. The van der Waals surface area contributed by atoms with Crippen LogP contribution in [0.5, 0.6) is 0 Å². The third kappa shape index (κ3) is 6.13. The lowest BCUT2D eigenvalue weighted by atomic mass is 10.1. The summed E-state index contributed by atoms with van der Waals surface area (Å²) >= 11 is 0. The summed E-state index contributed by atoms with van der Waals surface area (Å²) in [6.07, 6.45) is 5.29. The molecular formula is C10H18O2. The van der Waals surface area contributed by atoms with Gasteiger partial charge in [-0.2, -0.15) is 0 Å². The van der Waals surface area contributed by atoms with Gasteiger partial charge in [-0.15, -0.1) is 0 Å². The van der Waals surface area contributed by atoms with Crippen LogP contribution in [-0.2, 0) is 0 Å². The van der Waals surface area contributed by atoms with Crippen LogP contribution < -0.4 is 0 Å². The van der Waals surface area contributed by atoms with Gasteiger partial charge in [0.05, 0.1) is 14.6 Å². The molecule has 0 radical (unpaired) electrons. The highest BCUT2D eigenvalue weighted by Gasteiger charge is 1.88. The second-order valence-corrected chi connectivity index (χ2v) is 2.85. The molecule has 0 heterocycles. The predicted molar refractivity (Wildman–Crippen MR) is 50.9 cm³/mol. The van der Waals surface area contributed by atoms with Crippen molar-refractivity contribution >= 4 is 0 Å². The molecule has 0 aliphatic rings. The van der Waals surface area contributed by atoms with Crippen LogP contribution in [0, 0.1) is 0 Å². The van der Waals surface area contributed by atoms with Crippen molar-refractivity contribution in [1.29, 1.82) is 0 Å². The van der Waals surface area contributed by atoms with E-state index in [-0.39, 0.29) is 6.61 Å². The molecule has 0 fully saturated rings. The summed E-state index contributed by atoms with van der Waals surface area (Å²) in [7, 11) is 0. The highest BCUT2D eigenvalue weighted by Crippen LogP contribution is 2.05. The van der Waals surface area contributed by atoms with Crippen LogP contribution in [0.15, 0.2) is 23.3 Å². The Labute approximate surface area is 75.6 Å². The van der Waals surface area contributed by atoms with E-state index in [1.807, 2.05) is 13.0 Å². The summed E-state index contributed by atoms with van der Waals surface area (Å²) in [5, 5.41) is 17.4. The Hall–Kier alpha value is -0.600. The Balaban J connectivity index is 3.78. The fourth-order valence-electron chi connectivity index (χ4n) is 0.838. The Morgan fingerprint density at radius 2 is 1.92 bits per heavy atom. The summed E-state index contributed by atoms with van der Waals surface area (Å²) < 4.78 is 6.98. The van der Waals surface area contributed by atoms with Crippen molar-refractivity contribution in [2.24, 2.45) is 0 Å². The van der Waals surface area contributed by atoms with Crippen molar-refractivity contribution < 1.29 is 11.6 Å². The Bertz CT molecular complexity index is 195. The van der Waals surface area contributed by atoms with Crippen molar-refractivity contribution in [2.75, 3.05) is 13.2 Å². The third-order valence-corrected chi connectivity index (χ3v) is 1.65. The van der Waals surface area contributed by atoms with Gasteiger partial charge >= 0.3 is 0 Å². The topological polar surface area (TPSA) is 40.5 Å². The highest BCUT2D eigenvalue weighted by atomic mass is 16.3. The molecule has 0 spiro atoms. The molecule has 0 aliphatic carbocycles. The Morgan fingerprint density at radius 1 is 1.25 bits per heavy atom. The fourth-order valence-corrected chi connectivity index (χ4v) is 0.838. The second-order valence-electron chi connectivity index (χ2n) is 2.85. The molecule has 0 amide bonds. The summed E-state index contributed by atoms with van der Waals surface area (Å²) in [6, 6.07) is 0. The van der Waals surface area contributed by atoms with E-state index in [1.54, 1.807) is 13.0 Å². The van der Waals surface area contributed by atoms with Crippen molar-refractivity contribution in [1.82, 2.24) is 0 Å². The molecule has 2 N–H and O–H groups in total. The molecule has 0 rings (SSSR count). The monoisotopic (exact) mass is 171 g/mol. The zero-order valence-electron chi connectivity index (χ0n) is 8.75. The Morgan fingerprint density at radius 3 is 2.42 bits per heavy atom. The summed E-state index contributed by atoms with van der Waals surface area (Å²) in [4.78, 5) is 0. The van der Waals surface area contributed by atoms with E-state index in [1.165, 1.54) is 0 Å². The molecule has 1 atom stereocenters. The van der Waals surface area contributed by atoms with Crippen LogP contribution in [0.25, 0.3) is 0 Å². The second kappa shape index (κ2) is 7.07. The van der Waals surface area contributed by atoms with Gasteiger partial charge in [-0.05, 0) is 26.7 Å². The molecule has 0 aliphatic heterocycles. The number of hydrogen-bond acceptors (Lipinski definition) is 2. The fraction of sp³-hybridized carbons (Fsp3) is 0.600. The number of allylic oxidation sites excluding steroid dienone is 2. The molecule has 0 aromatic heterocycles. The molecule has 0 aromatic carbocycles. The molecule has 2 nitrogen and oxygen atoms in total. The highest BCUT2D eigenvalue weighted by molar-refractivity contribution is 5.03. The molecule has 0 saturated heterocycles. The SMILES string of the molecule is [2H]C(O)C(C)=CCCC(C)=CCO. The van der Waals surface area contributed by atoms with Crippen LogP contribution in [0.4, 0.5) is 0 Å². The van der Waals surface area contributed by atoms with Crippen LogP contribution in [0.1, 0.15) is 28.1 Å². The van der Waals surface area contributed by atoms with E-state index in [4.69, 9.17) is 11.6 Å². The van der Waals surface area contributed by atoms with Gasteiger partial charge in [0.15, 0.2) is 0 Å². The normalized spacial score (nSPS) is 17.5. The van der Waals surface area contributed by atoms with Gasteiger partial charge in [0, 0.05) is 0 Å². The van der Waals surface area contributed by atoms with Crippen molar-refractivity contribution in [3.05, 3.63) is 23.3 Å². The lowest BCUT2D eigenvalue weighted by Crippen LogP contribution is -1.85. The number of hydrogen-bond donors (Lipinski definition) is 2. The van der Waals surface area contributed by atoms with Crippen LogP contribution in [0.3, 0.4) is 0 Å². The Kier molecular flexibility index (Phi) is 5.59. The van der Waals surface area contributed by atoms with Crippen molar-refractivity contribution in [3.63, 3.8) is 0 Å². The largest absolute Gasteiger partial charge is 0.392 e. The average Bonchev–Trinajstić information content (AvgIpc) is 2.04. The van der Waals surface area contributed by atoms with E-state index in [0.717, 1.165) is 18.4 Å². The minimum absolute atomic E-state index is 0.0790. The summed E-state index contributed by atoms with van der Waals surface area (Å²) in [6.45, 7) is 2.68. The molecule has 0 saturated carbocycles. The van der Waals surface area contributed by atoms with Crippen molar-refractivity contribution in [3.8, 4) is 0 Å². The van der Waals surface area contributed by atoms with E-state index in [9.17, 15) is 0 Å². The van der Waals surface area contributed by atoms with Gasteiger partial charge < -0.3 is 10.2 Å². The van der Waals surface area contributed by atoms with E-state index < -0.39 is 6.58 Å². The first-order chi connectivity index (χ1) is 6.07. The molecule has 12 heavy (non-hydrogen) atoms. The maximum atomic E-state index is 8.83. The van der Waals surface area contributed by atoms with Crippen LogP contribution in [0.2, 0.25) is 0 Å². The zero-order chi connectivity index (χ0) is 10.3. The van der Waals surface area contributed by atoms with Crippen LogP contribution in [-0.4, -0.2) is 23.4 Å². The van der Waals surface area contributed by atoms with Crippen LogP contribution >= 0.6 is 0 Å². The van der Waals surface area contributed by atoms with E-state index in [0.29, 0.717) is 5.57 Å². The van der Waals surface area contributed by atoms with E-state index >= 15 is 0 Å². The lowest BCUT2D eigenvalue weighted by Gasteiger charge is -1.97. The number of aliphatic hydroxyl groups excluding tert-OH is 2. The summed E-state index contributed by atoms with van der Waals surface area (Å²) in [5.74, 6) is 0. The van der Waals surface area contributed by atoms with Crippen molar-refractivity contribution in [2.45, 2.75) is 26.7 Å². The number of aliphatic hydroxyl groups is 2. The molecule has 0 bridgehead atoms. The molecule has 1 unspecified atom stereocenters.